The van der Waals surface area contributed by atoms with E-state index in [-0.39, 0.29) is 24.3 Å². The lowest BCUT2D eigenvalue weighted by molar-refractivity contribution is -0.385. The molecular formula is C20H22N2O6. The number of benzene rings is 2. The summed E-state index contributed by atoms with van der Waals surface area (Å²) in [6, 6.07) is 10.5. The standard InChI is InChI=1S/C20H22N2O6/c1-4-28-19(23)12-17(14-5-8-16(27-3)9-6-14)21-20(24)15-7-10-18(22(25)26)13(2)11-15/h5-11,17H,4,12H2,1-3H3,(H,21,24)/t17-/m0/s1. The zero-order valence-electron chi connectivity index (χ0n) is 15.9. The maximum Gasteiger partial charge on any atom is 0.308 e. The van der Waals surface area contributed by atoms with Gasteiger partial charge in [-0.05, 0) is 43.7 Å². The van der Waals surface area contributed by atoms with E-state index in [1.807, 2.05) is 0 Å². The highest BCUT2D eigenvalue weighted by Crippen LogP contribution is 2.23. The van der Waals surface area contributed by atoms with Gasteiger partial charge in [0.05, 0.1) is 31.1 Å². The molecule has 1 amide bonds. The fourth-order valence-corrected chi connectivity index (χ4v) is 2.72. The van der Waals surface area contributed by atoms with Crippen LogP contribution >= 0.6 is 0 Å². The van der Waals surface area contributed by atoms with Gasteiger partial charge in [0.1, 0.15) is 5.75 Å². The molecule has 0 aliphatic rings. The Hall–Kier alpha value is -3.42. The van der Waals surface area contributed by atoms with Crippen LogP contribution < -0.4 is 10.1 Å². The molecule has 8 heteroatoms. The van der Waals surface area contributed by atoms with Crippen LogP contribution in [0.5, 0.6) is 5.75 Å². The third-order valence-electron chi connectivity index (χ3n) is 4.16. The van der Waals surface area contributed by atoms with Gasteiger partial charge in [0.15, 0.2) is 0 Å². The number of ether oxygens (including phenoxy) is 2. The summed E-state index contributed by atoms with van der Waals surface area (Å²) in [6.07, 6.45) is -0.0438. The highest BCUT2D eigenvalue weighted by Gasteiger charge is 2.21. The summed E-state index contributed by atoms with van der Waals surface area (Å²) in [6.45, 7) is 3.51. The average molecular weight is 386 g/mol. The number of rotatable bonds is 8. The van der Waals surface area contributed by atoms with Gasteiger partial charge in [0, 0.05) is 17.2 Å². The number of esters is 1. The SMILES string of the molecule is CCOC(=O)C[C@H](NC(=O)c1ccc([N+](=O)[O-])c(C)c1)c1ccc(OC)cc1. The number of nitrogens with zero attached hydrogens (tertiary/aromatic N) is 1. The minimum absolute atomic E-state index is 0.0438. The number of carbonyl (C=O) groups is 2. The fraction of sp³-hybridized carbons (Fsp3) is 0.300. The van der Waals surface area contributed by atoms with E-state index in [0.29, 0.717) is 16.9 Å². The van der Waals surface area contributed by atoms with E-state index in [1.54, 1.807) is 45.2 Å². The molecule has 0 aliphatic heterocycles. The van der Waals surface area contributed by atoms with Gasteiger partial charge in [0.25, 0.3) is 11.6 Å². The number of carbonyl (C=O) groups excluding carboxylic acids is 2. The number of hydrogen-bond acceptors (Lipinski definition) is 6. The zero-order valence-corrected chi connectivity index (χ0v) is 15.9. The van der Waals surface area contributed by atoms with Crippen molar-refractivity contribution in [2.24, 2.45) is 0 Å². The number of nitro benzene ring substituents is 1. The minimum atomic E-state index is -0.618. The van der Waals surface area contributed by atoms with Gasteiger partial charge >= 0.3 is 5.97 Å². The lowest BCUT2D eigenvalue weighted by Gasteiger charge is -2.19. The molecule has 1 N–H and O–H groups in total. The maximum atomic E-state index is 12.7. The number of aryl methyl sites for hydroxylation is 1. The van der Waals surface area contributed by atoms with Crippen molar-refractivity contribution in [1.82, 2.24) is 5.32 Å². The topological polar surface area (TPSA) is 108 Å². The highest BCUT2D eigenvalue weighted by molar-refractivity contribution is 5.95. The van der Waals surface area contributed by atoms with Crippen LogP contribution in [-0.2, 0) is 9.53 Å². The summed E-state index contributed by atoms with van der Waals surface area (Å²) >= 11 is 0. The minimum Gasteiger partial charge on any atom is -0.497 e. The van der Waals surface area contributed by atoms with Crippen molar-refractivity contribution in [2.75, 3.05) is 13.7 Å². The highest BCUT2D eigenvalue weighted by atomic mass is 16.6. The third-order valence-corrected chi connectivity index (χ3v) is 4.16. The molecule has 8 nitrogen and oxygen atoms in total. The molecule has 2 rings (SSSR count). The number of hydrogen-bond donors (Lipinski definition) is 1. The van der Waals surface area contributed by atoms with E-state index in [9.17, 15) is 19.7 Å². The molecule has 0 saturated heterocycles. The second kappa shape index (κ2) is 9.50. The molecule has 0 aromatic heterocycles. The van der Waals surface area contributed by atoms with E-state index in [1.165, 1.54) is 18.2 Å². The van der Waals surface area contributed by atoms with Crippen LogP contribution in [0.1, 0.15) is 40.9 Å². The normalized spacial score (nSPS) is 11.4. The third kappa shape index (κ3) is 5.29. The van der Waals surface area contributed by atoms with Gasteiger partial charge < -0.3 is 14.8 Å². The van der Waals surface area contributed by atoms with Gasteiger partial charge in [-0.3, -0.25) is 19.7 Å². The molecular weight excluding hydrogens is 364 g/mol. The lowest BCUT2D eigenvalue weighted by atomic mass is 10.0. The van der Waals surface area contributed by atoms with Crippen LogP contribution in [0.25, 0.3) is 0 Å². The Labute approximate surface area is 162 Å². The Balaban J connectivity index is 2.25. The summed E-state index contributed by atoms with van der Waals surface area (Å²) < 4.78 is 10.1. The molecule has 0 heterocycles. The van der Waals surface area contributed by atoms with Crippen LogP contribution in [0, 0.1) is 17.0 Å². The first kappa shape index (κ1) is 20.9. The second-order valence-electron chi connectivity index (χ2n) is 6.07. The van der Waals surface area contributed by atoms with E-state index in [0.717, 1.165) is 0 Å². The Morgan fingerprint density at radius 3 is 2.39 bits per heavy atom. The summed E-state index contributed by atoms with van der Waals surface area (Å²) in [4.78, 5) is 35.1. The van der Waals surface area contributed by atoms with Crippen LogP contribution in [0.4, 0.5) is 5.69 Å². The number of methoxy groups -OCH3 is 1. The molecule has 2 aromatic rings. The quantitative estimate of drug-likeness (QED) is 0.423. The smallest absolute Gasteiger partial charge is 0.308 e. The fourth-order valence-electron chi connectivity index (χ4n) is 2.72. The monoisotopic (exact) mass is 386 g/mol. The van der Waals surface area contributed by atoms with Gasteiger partial charge in [-0.25, -0.2) is 0 Å². The van der Waals surface area contributed by atoms with Crippen LogP contribution in [-0.4, -0.2) is 30.5 Å². The van der Waals surface area contributed by atoms with Gasteiger partial charge in [-0.2, -0.15) is 0 Å². The first-order chi connectivity index (χ1) is 13.3. The molecule has 0 unspecified atom stereocenters. The molecule has 0 aliphatic carbocycles. The number of amides is 1. The maximum absolute atomic E-state index is 12.7. The van der Waals surface area contributed by atoms with Crippen LogP contribution in [0.2, 0.25) is 0 Å². The van der Waals surface area contributed by atoms with E-state index < -0.39 is 22.8 Å². The Morgan fingerprint density at radius 1 is 1.18 bits per heavy atom. The molecule has 0 spiro atoms. The molecule has 0 radical (unpaired) electrons. The van der Waals surface area contributed by atoms with Crippen LogP contribution in [0.3, 0.4) is 0 Å². The molecule has 2 aromatic carbocycles. The predicted octanol–water partition coefficient (Wildman–Crippen LogP) is 3.34. The molecule has 1 atom stereocenters. The van der Waals surface area contributed by atoms with Crippen LogP contribution in [0.15, 0.2) is 42.5 Å². The van der Waals surface area contributed by atoms with E-state index >= 15 is 0 Å². The molecule has 0 bridgehead atoms. The molecule has 28 heavy (non-hydrogen) atoms. The largest absolute Gasteiger partial charge is 0.497 e. The van der Waals surface area contributed by atoms with E-state index in [4.69, 9.17) is 9.47 Å². The first-order valence-corrected chi connectivity index (χ1v) is 8.71. The van der Waals surface area contributed by atoms with Crippen molar-refractivity contribution in [3.63, 3.8) is 0 Å². The van der Waals surface area contributed by atoms with Crippen molar-refractivity contribution >= 4 is 17.6 Å². The van der Waals surface area contributed by atoms with Gasteiger partial charge in [-0.1, -0.05) is 12.1 Å². The molecule has 0 saturated carbocycles. The summed E-state index contributed by atoms with van der Waals surface area (Å²) in [7, 11) is 1.55. The second-order valence-corrected chi connectivity index (χ2v) is 6.07. The number of nitro groups is 1. The molecule has 148 valence electrons. The molecule has 0 fully saturated rings. The van der Waals surface area contributed by atoms with Gasteiger partial charge in [-0.15, -0.1) is 0 Å². The lowest BCUT2D eigenvalue weighted by Crippen LogP contribution is -2.30. The Morgan fingerprint density at radius 2 is 1.86 bits per heavy atom. The summed E-state index contributed by atoms with van der Waals surface area (Å²) in [5.74, 6) is -0.234. The Bertz CT molecular complexity index is 863. The predicted molar refractivity (Wildman–Crippen MR) is 102 cm³/mol. The number of nitrogens with one attached hydrogen (secondary N) is 1. The van der Waals surface area contributed by atoms with Crippen molar-refractivity contribution in [1.29, 1.82) is 0 Å². The summed E-state index contributed by atoms with van der Waals surface area (Å²) in [5, 5.41) is 13.7. The van der Waals surface area contributed by atoms with E-state index in [2.05, 4.69) is 5.32 Å². The first-order valence-electron chi connectivity index (χ1n) is 8.71. The Kier molecular flexibility index (Phi) is 7.08. The van der Waals surface area contributed by atoms with Crippen molar-refractivity contribution in [2.45, 2.75) is 26.3 Å². The van der Waals surface area contributed by atoms with Crippen molar-refractivity contribution in [3.05, 3.63) is 69.3 Å². The average Bonchev–Trinajstić information content (AvgIpc) is 2.67. The zero-order chi connectivity index (χ0) is 20.7. The van der Waals surface area contributed by atoms with Crippen molar-refractivity contribution in [3.8, 4) is 5.75 Å². The van der Waals surface area contributed by atoms with Crippen molar-refractivity contribution < 1.29 is 24.0 Å². The summed E-state index contributed by atoms with van der Waals surface area (Å²) in [5.41, 5.74) is 1.30. The van der Waals surface area contributed by atoms with Gasteiger partial charge in [0.2, 0.25) is 0 Å².